The van der Waals surface area contributed by atoms with Crippen molar-refractivity contribution in [1.82, 2.24) is 0 Å². The number of fused-ring (bicyclic) bond motifs is 1. The first-order valence-electron chi connectivity index (χ1n) is 8.93. The molecule has 2 aliphatic carbocycles. The average Bonchev–Trinajstić information content (AvgIpc) is 2.94. The highest BCUT2D eigenvalue weighted by atomic mass is 16.5. The highest BCUT2D eigenvalue weighted by Crippen LogP contribution is 2.62. The first-order valence-corrected chi connectivity index (χ1v) is 8.93. The molecule has 1 heterocycles. The highest BCUT2D eigenvalue weighted by molar-refractivity contribution is 5.60. The van der Waals surface area contributed by atoms with Crippen LogP contribution in [0.25, 0.3) is 0 Å². The molecule has 0 saturated carbocycles. The van der Waals surface area contributed by atoms with Crippen LogP contribution in [-0.4, -0.2) is 12.7 Å². The fourth-order valence-corrected chi connectivity index (χ4v) is 5.28. The Balaban J connectivity index is 2.03. The Labute approximate surface area is 139 Å². The molecule has 0 bridgehead atoms. The Hall–Kier alpha value is -1.28. The van der Waals surface area contributed by atoms with Crippen molar-refractivity contribution in [2.24, 2.45) is 5.92 Å². The van der Waals surface area contributed by atoms with Crippen LogP contribution in [0.3, 0.4) is 0 Å². The molecule has 23 heavy (non-hydrogen) atoms. The molecule has 0 unspecified atom stereocenters. The zero-order valence-electron chi connectivity index (χ0n) is 15.2. The number of ether oxygens (including phenoxy) is 2. The van der Waals surface area contributed by atoms with E-state index in [0.717, 1.165) is 5.75 Å². The van der Waals surface area contributed by atoms with Crippen molar-refractivity contribution in [1.29, 1.82) is 0 Å². The molecular formula is C21H28O2. The fraction of sp³-hybridized carbons (Fsp3) is 0.619. The van der Waals surface area contributed by atoms with Gasteiger partial charge in [-0.25, -0.2) is 0 Å². The summed E-state index contributed by atoms with van der Waals surface area (Å²) in [4.78, 5) is 0. The number of rotatable bonds is 1. The van der Waals surface area contributed by atoms with Gasteiger partial charge in [0.05, 0.1) is 12.7 Å². The lowest BCUT2D eigenvalue weighted by Crippen LogP contribution is -2.35. The normalized spacial score (nSPS) is 36.5. The number of hydrogen-bond acceptors (Lipinski definition) is 2. The van der Waals surface area contributed by atoms with E-state index in [0.29, 0.717) is 17.8 Å². The van der Waals surface area contributed by atoms with Gasteiger partial charge >= 0.3 is 0 Å². The Kier molecular flexibility index (Phi) is 3.07. The number of benzene rings is 1. The van der Waals surface area contributed by atoms with E-state index in [4.69, 9.17) is 9.47 Å². The van der Waals surface area contributed by atoms with Crippen LogP contribution in [0.4, 0.5) is 0 Å². The van der Waals surface area contributed by atoms with Gasteiger partial charge in [0.1, 0.15) is 11.4 Å². The third-order valence-electron chi connectivity index (χ3n) is 6.48. The molecule has 124 valence electrons. The van der Waals surface area contributed by atoms with Crippen molar-refractivity contribution in [2.45, 2.75) is 70.5 Å². The largest absolute Gasteiger partial charge is 0.496 e. The summed E-state index contributed by atoms with van der Waals surface area (Å²) in [5.74, 6) is 2.71. The molecule has 0 aromatic heterocycles. The summed E-state index contributed by atoms with van der Waals surface area (Å²) in [6, 6.07) is 2.29. The van der Waals surface area contributed by atoms with Crippen molar-refractivity contribution in [3.8, 4) is 5.75 Å². The summed E-state index contributed by atoms with van der Waals surface area (Å²) in [5, 5.41) is 0. The molecule has 1 aliphatic heterocycles. The average molecular weight is 312 g/mol. The summed E-state index contributed by atoms with van der Waals surface area (Å²) in [5.41, 5.74) is 5.24. The molecule has 3 aliphatic rings. The van der Waals surface area contributed by atoms with E-state index in [9.17, 15) is 0 Å². The minimum atomic E-state index is -0.277. The van der Waals surface area contributed by atoms with Gasteiger partial charge in [-0.3, -0.25) is 0 Å². The van der Waals surface area contributed by atoms with E-state index in [-0.39, 0.29) is 11.2 Å². The summed E-state index contributed by atoms with van der Waals surface area (Å²) in [7, 11) is 1.78. The summed E-state index contributed by atoms with van der Waals surface area (Å²) in [6.07, 6.45) is 7.11. The smallest absolute Gasteiger partial charge is 0.122 e. The molecule has 2 nitrogen and oxygen atoms in total. The fourth-order valence-electron chi connectivity index (χ4n) is 5.28. The molecule has 0 N–H and O–H groups in total. The van der Waals surface area contributed by atoms with E-state index in [1.165, 1.54) is 29.5 Å². The number of methoxy groups -OCH3 is 1. The Morgan fingerprint density at radius 1 is 1.17 bits per heavy atom. The van der Waals surface area contributed by atoms with E-state index < -0.39 is 0 Å². The van der Waals surface area contributed by atoms with Gasteiger partial charge in [-0.05, 0) is 85.8 Å². The summed E-state index contributed by atoms with van der Waals surface area (Å²) in [6.45, 7) is 11.3. The number of hydrogen-bond donors (Lipinski definition) is 0. The zero-order chi connectivity index (χ0) is 16.6. The molecule has 4 rings (SSSR count). The topological polar surface area (TPSA) is 18.5 Å². The van der Waals surface area contributed by atoms with Crippen molar-refractivity contribution in [2.75, 3.05) is 7.11 Å². The molecule has 1 spiro atoms. The molecule has 0 radical (unpaired) electrons. The molecule has 1 aromatic rings. The third kappa shape index (κ3) is 1.85. The van der Waals surface area contributed by atoms with Crippen LogP contribution in [0.2, 0.25) is 0 Å². The van der Waals surface area contributed by atoms with Crippen molar-refractivity contribution >= 4 is 0 Å². The van der Waals surface area contributed by atoms with Crippen LogP contribution in [0, 0.1) is 12.8 Å². The van der Waals surface area contributed by atoms with Gasteiger partial charge in [0.2, 0.25) is 0 Å². The predicted octanol–water partition coefficient (Wildman–Crippen LogP) is 5.19. The van der Waals surface area contributed by atoms with E-state index in [2.05, 4.69) is 52.8 Å². The second kappa shape index (κ2) is 4.63. The van der Waals surface area contributed by atoms with Gasteiger partial charge in [-0.1, -0.05) is 19.9 Å². The molecule has 2 heteroatoms. The van der Waals surface area contributed by atoms with Crippen LogP contribution in [-0.2, 0) is 10.3 Å². The van der Waals surface area contributed by atoms with Gasteiger partial charge in [0.25, 0.3) is 0 Å². The standard InChI is InChI=1S/C21H28O2/c1-12-7-8-15-14(3)21(10-9-20(4,5)23-21)19-13(2)17(22-6)11-16(12)18(15)19/h9-12,14-15H,7-8H2,1-6H3/t12-,14+,15+,21-/m0/s1. The highest BCUT2D eigenvalue weighted by Gasteiger charge is 2.56. The lowest BCUT2D eigenvalue weighted by atomic mass is 9.75. The SMILES string of the molecule is COc1cc2c3c(c1C)[C@]1(C=CC(C)(C)O1)[C@H](C)[C@H]3CC[C@@H]2C. The summed E-state index contributed by atoms with van der Waals surface area (Å²) < 4.78 is 12.4. The molecule has 0 amide bonds. The predicted molar refractivity (Wildman–Crippen MR) is 93.3 cm³/mol. The molecule has 0 fully saturated rings. The first-order chi connectivity index (χ1) is 10.8. The van der Waals surface area contributed by atoms with Crippen molar-refractivity contribution in [3.05, 3.63) is 40.5 Å². The van der Waals surface area contributed by atoms with Crippen LogP contribution in [0.15, 0.2) is 18.2 Å². The van der Waals surface area contributed by atoms with Crippen LogP contribution >= 0.6 is 0 Å². The van der Waals surface area contributed by atoms with E-state index in [1.807, 2.05) is 0 Å². The molecule has 4 atom stereocenters. The Bertz CT molecular complexity index is 700. The second-order valence-corrected chi connectivity index (χ2v) is 8.29. The minimum Gasteiger partial charge on any atom is -0.496 e. The maximum absolute atomic E-state index is 6.70. The zero-order valence-corrected chi connectivity index (χ0v) is 15.2. The van der Waals surface area contributed by atoms with Gasteiger partial charge in [0.15, 0.2) is 0 Å². The molecule has 1 aromatic carbocycles. The van der Waals surface area contributed by atoms with Crippen LogP contribution in [0.1, 0.15) is 74.6 Å². The lowest BCUT2D eigenvalue weighted by molar-refractivity contribution is -0.100. The first kappa shape index (κ1) is 15.3. The Morgan fingerprint density at radius 2 is 1.91 bits per heavy atom. The van der Waals surface area contributed by atoms with Crippen molar-refractivity contribution < 1.29 is 9.47 Å². The van der Waals surface area contributed by atoms with Gasteiger partial charge in [0, 0.05) is 0 Å². The summed E-state index contributed by atoms with van der Waals surface area (Å²) >= 11 is 0. The quantitative estimate of drug-likeness (QED) is 0.664. The Morgan fingerprint density at radius 3 is 2.52 bits per heavy atom. The van der Waals surface area contributed by atoms with Gasteiger partial charge in [-0.2, -0.15) is 0 Å². The van der Waals surface area contributed by atoms with Crippen LogP contribution in [0.5, 0.6) is 5.75 Å². The molecular weight excluding hydrogens is 284 g/mol. The lowest BCUT2D eigenvalue weighted by Gasteiger charge is -2.35. The van der Waals surface area contributed by atoms with E-state index >= 15 is 0 Å². The van der Waals surface area contributed by atoms with Gasteiger partial charge in [-0.15, -0.1) is 0 Å². The maximum Gasteiger partial charge on any atom is 0.122 e. The van der Waals surface area contributed by atoms with Crippen molar-refractivity contribution in [3.63, 3.8) is 0 Å². The van der Waals surface area contributed by atoms with E-state index in [1.54, 1.807) is 12.7 Å². The van der Waals surface area contributed by atoms with Gasteiger partial charge < -0.3 is 9.47 Å². The van der Waals surface area contributed by atoms with Crippen LogP contribution < -0.4 is 4.74 Å². The third-order valence-corrected chi connectivity index (χ3v) is 6.48. The monoisotopic (exact) mass is 312 g/mol. The second-order valence-electron chi connectivity index (χ2n) is 8.29. The maximum atomic E-state index is 6.70. The minimum absolute atomic E-state index is 0.199. The molecule has 0 saturated heterocycles.